The lowest BCUT2D eigenvalue weighted by Crippen LogP contribution is -2.61. The Morgan fingerprint density at radius 1 is 1.61 bits per heavy atom. The highest BCUT2D eigenvalue weighted by atomic mass is 16.7. The number of aliphatic hydroxyl groups excluding tert-OH is 3. The first-order valence-electron chi connectivity index (χ1n) is 5.03. The Balaban J connectivity index is 3.01. The van der Waals surface area contributed by atoms with Gasteiger partial charge in [-0.1, -0.05) is 0 Å². The summed E-state index contributed by atoms with van der Waals surface area (Å²) in [6.07, 6.45) is -5.35. The van der Waals surface area contributed by atoms with Crippen LogP contribution in [0.25, 0.3) is 0 Å². The van der Waals surface area contributed by atoms with Crippen LogP contribution in [0.15, 0.2) is 5.11 Å². The summed E-state index contributed by atoms with van der Waals surface area (Å²) in [7, 11) is 0. The van der Waals surface area contributed by atoms with Crippen LogP contribution in [0.1, 0.15) is 6.42 Å². The maximum Gasteiger partial charge on any atom is 0.364 e. The van der Waals surface area contributed by atoms with Crippen molar-refractivity contribution in [1.82, 2.24) is 4.91 Å². The molecule has 0 unspecified atom stereocenters. The number of aliphatic hydroxyl groups is 4. The van der Waals surface area contributed by atoms with Gasteiger partial charge in [0, 0.05) is 6.42 Å². The summed E-state index contributed by atoms with van der Waals surface area (Å²) in [5.41, 5.74) is 6.52. The molecule has 0 saturated carbocycles. The van der Waals surface area contributed by atoms with Gasteiger partial charge in [-0.25, -0.2) is 4.79 Å². The highest BCUT2D eigenvalue weighted by Gasteiger charge is 2.53. The molecule has 1 aliphatic heterocycles. The van der Waals surface area contributed by atoms with Crippen molar-refractivity contribution in [3.63, 3.8) is 0 Å². The topological polar surface area (TPSA) is 178 Å². The Kier molecular flexibility index (Phi) is 4.46. The Bertz CT molecular complexity index is 372. The molecule has 1 rings (SSSR count). The van der Waals surface area contributed by atoms with Crippen LogP contribution in [-0.4, -0.2) is 68.2 Å². The maximum absolute atomic E-state index is 10.8. The van der Waals surface area contributed by atoms with Crippen molar-refractivity contribution < 1.29 is 35.1 Å². The van der Waals surface area contributed by atoms with Crippen LogP contribution in [0.4, 0.5) is 0 Å². The zero-order valence-corrected chi connectivity index (χ0v) is 9.17. The molecule has 18 heavy (non-hydrogen) atoms. The number of rotatable bonds is 4. The number of carbonyl (C=O) groups is 1. The second-order valence-electron chi connectivity index (χ2n) is 3.90. The molecule has 0 radical (unpaired) electrons. The molecular weight excluding hydrogens is 250 g/mol. The van der Waals surface area contributed by atoms with Crippen LogP contribution in [0.5, 0.6) is 0 Å². The number of hydrogen-bond donors (Lipinski definition) is 6. The van der Waals surface area contributed by atoms with Gasteiger partial charge in [0.2, 0.25) is 4.91 Å². The highest BCUT2D eigenvalue weighted by Crippen LogP contribution is 2.30. The number of nitrogens with one attached hydrogen (secondary N) is 1. The van der Waals surface area contributed by atoms with E-state index >= 15 is 0 Å². The van der Waals surface area contributed by atoms with E-state index in [-0.39, 0.29) is 0 Å². The average molecular weight is 264 g/mol. The van der Waals surface area contributed by atoms with Crippen molar-refractivity contribution in [2.45, 2.75) is 36.6 Å². The van der Waals surface area contributed by atoms with Crippen molar-refractivity contribution in [2.24, 2.45) is 5.11 Å². The van der Waals surface area contributed by atoms with E-state index < -0.39 is 49.1 Å². The maximum atomic E-state index is 10.8. The number of nitrogens with zero attached hydrogens (tertiary/aromatic N) is 2. The monoisotopic (exact) mass is 264 g/mol. The molecule has 5 atom stereocenters. The van der Waals surface area contributed by atoms with Crippen molar-refractivity contribution in [2.75, 3.05) is 6.61 Å². The second-order valence-corrected chi connectivity index (χ2v) is 3.90. The van der Waals surface area contributed by atoms with Crippen LogP contribution in [0.3, 0.4) is 0 Å². The molecule has 0 aromatic rings. The largest absolute Gasteiger partial charge is 0.477 e. The molecule has 1 aliphatic rings. The van der Waals surface area contributed by atoms with Gasteiger partial charge in [0.15, 0.2) is 6.04 Å². The van der Waals surface area contributed by atoms with Gasteiger partial charge in [0.05, 0.1) is 12.7 Å². The fourth-order valence-electron chi connectivity index (χ4n) is 1.69. The lowest BCUT2D eigenvalue weighted by atomic mass is 9.92. The minimum Gasteiger partial charge on any atom is -0.477 e. The zero-order valence-electron chi connectivity index (χ0n) is 9.17. The number of aliphatic carboxylic acids is 1. The fourth-order valence-corrected chi connectivity index (χ4v) is 1.69. The van der Waals surface area contributed by atoms with E-state index in [0.29, 0.717) is 0 Å². The number of carboxylic acids is 1. The first-order valence-corrected chi connectivity index (χ1v) is 5.03. The number of ether oxygens (including phenoxy) is 1. The summed E-state index contributed by atoms with van der Waals surface area (Å²) in [5.74, 6) is -4.42. The molecule has 0 aromatic carbocycles. The van der Waals surface area contributed by atoms with Crippen LogP contribution in [0.2, 0.25) is 0 Å². The molecule has 102 valence electrons. The first kappa shape index (κ1) is 14.6. The Labute approximate surface area is 101 Å². The van der Waals surface area contributed by atoms with Gasteiger partial charge in [-0.2, -0.15) is 0 Å². The van der Waals surface area contributed by atoms with Crippen LogP contribution in [-0.2, 0) is 9.53 Å². The van der Waals surface area contributed by atoms with Gasteiger partial charge in [-0.05, 0) is 0 Å². The number of hydrogen-bond acceptors (Lipinski definition) is 8. The van der Waals surface area contributed by atoms with E-state index in [9.17, 15) is 20.1 Å². The van der Waals surface area contributed by atoms with E-state index in [2.05, 4.69) is 10.0 Å². The molecule has 10 nitrogen and oxygen atoms in total. The highest BCUT2D eigenvalue weighted by molar-refractivity contribution is 5.75. The van der Waals surface area contributed by atoms with Gasteiger partial charge in [0.1, 0.15) is 22.9 Å². The molecule has 1 saturated heterocycles. The van der Waals surface area contributed by atoms with Crippen molar-refractivity contribution in [1.29, 1.82) is 5.53 Å². The molecule has 0 aliphatic carbocycles. The molecular formula is C8H14N3O7+. The normalized spacial score (nSPS) is 37.7. The molecule has 1 fully saturated rings. The number of carboxylic acid groups (broad SMARTS) is 1. The Morgan fingerprint density at radius 3 is 2.67 bits per heavy atom. The van der Waals surface area contributed by atoms with Crippen molar-refractivity contribution >= 4 is 5.97 Å². The molecule has 0 spiro atoms. The summed E-state index contributed by atoms with van der Waals surface area (Å²) in [5, 5.41) is 49.7. The van der Waals surface area contributed by atoms with Crippen LogP contribution < -0.4 is 4.91 Å². The third kappa shape index (κ3) is 2.70. The lowest BCUT2D eigenvalue weighted by molar-refractivity contribution is -0.297. The molecule has 6 N–H and O–H groups in total. The minimum absolute atomic E-state index is 0.702. The average Bonchev–Trinajstić information content (AvgIpc) is 2.31. The van der Waals surface area contributed by atoms with Gasteiger partial charge in [-0.15, -0.1) is 0 Å². The summed E-state index contributed by atoms with van der Waals surface area (Å²) in [6.45, 7) is -0.702. The standard InChI is InChI=1S/C8H13N3O7/c9-11-10-3(2-12)6-5(14)4(13)1-8(17,18-6)7(15)16/h3-6,9,12-14,17H,1-2H2/p+1/t3-,4+,5+,6+,8+/m0/s1. The smallest absolute Gasteiger partial charge is 0.364 e. The SMILES string of the molecule is N=[N+]=N[C@@H](CO)[C@H]1O[C@@](O)(C(=O)O)C[C@@H](O)[C@H]1O. The van der Waals surface area contributed by atoms with E-state index in [1.54, 1.807) is 0 Å². The van der Waals surface area contributed by atoms with Crippen LogP contribution in [0, 0.1) is 5.53 Å². The predicted octanol–water partition coefficient (Wildman–Crippen LogP) is -2.82. The van der Waals surface area contributed by atoms with Crippen molar-refractivity contribution in [3.05, 3.63) is 0 Å². The summed E-state index contributed by atoms with van der Waals surface area (Å²) in [4.78, 5) is 13.5. The predicted molar refractivity (Wildman–Crippen MR) is 52.2 cm³/mol. The van der Waals surface area contributed by atoms with Crippen molar-refractivity contribution in [3.8, 4) is 0 Å². The third-order valence-electron chi connectivity index (χ3n) is 2.65. The second kappa shape index (κ2) is 5.48. The van der Waals surface area contributed by atoms with E-state index in [1.165, 1.54) is 0 Å². The van der Waals surface area contributed by atoms with Gasteiger partial charge in [-0.3, -0.25) is 0 Å². The van der Waals surface area contributed by atoms with Crippen LogP contribution >= 0.6 is 0 Å². The molecule has 0 bridgehead atoms. The van der Waals surface area contributed by atoms with Gasteiger partial charge in [0.25, 0.3) is 5.79 Å². The fraction of sp³-hybridized carbons (Fsp3) is 0.875. The Morgan fingerprint density at radius 2 is 2.22 bits per heavy atom. The lowest BCUT2D eigenvalue weighted by Gasteiger charge is -2.40. The summed E-state index contributed by atoms with van der Waals surface area (Å²) < 4.78 is 4.77. The Hall–Kier alpha value is -1.42. The van der Waals surface area contributed by atoms with Gasteiger partial charge < -0.3 is 30.3 Å². The summed E-state index contributed by atoms with van der Waals surface area (Å²) in [6, 6.07) is -1.27. The third-order valence-corrected chi connectivity index (χ3v) is 2.65. The van der Waals surface area contributed by atoms with Gasteiger partial charge >= 0.3 is 5.97 Å². The molecule has 0 amide bonds. The van der Waals surface area contributed by atoms with E-state index in [4.69, 9.17) is 20.5 Å². The molecule has 0 aromatic heterocycles. The van der Waals surface area contributed by atoms with E-state index in [1.807, 2.05) is 0 Å². The first-order chi connectivity index (χ1) is 8.35. The van der Waals surface area contributed by atoms with E-state index in [0.717, 1.165) is 0 Å². The summed E-state index contributed by atoms with van der Waals surface area (Å²) >= 11 is 0. The minimum atomic E-state index is -2.69. The molecule has 10 heteroatoms. The zero-order chi connectivity index (χ0) is 13.9. The molecule has 1 heterocycles. The quantitative estimate of drug-likeness (QED) is 0.234.